The van der Waals surface area contributed by atoms with Gasteiger partial charge in [-0.25, -0.2) is 0 Å². The first kappa shape index (κ1) is 12.4. The summed E-state index contributed by atoms with van der Waals surface area (Å²) in [6, 6.07) is 4.09. The summed E-state index contributed by atoms with van der Waals surface area (Å²) in [4.78, 5) is 5.42. The van der Waals surface area contributed by atoms with Gasteiger partial charge in [0, 0.05) is 35.7 Å². The Morgan fingerprint density at radius 1 is 1.33 bits per heavy atom. The van der Waals surface area contributed by atoms with Crippen LogP contribution in [0.1, 0.15) is 28.2 Å². The van der Waals surface area contributed by atoms with Gasteiger partial charge in [0.2, 0.25) is 0 Å². The number of hydrogen-bond acceptors (Lipinski definition) is 3. The summed E-state index contributed by atoms with van der Waals surface area (Å²) in [6.45, 7) is 5.56. The van der Waals surface area contributed by atoms with E-state index >= 15 is 0 Å². The fourth-order valence-corrected chi connectivity index (χ4v) is 2.00. The molecule has 2 rings (SSSR count). The second-order valence-electron chi connectivity index (χ2n) is 4.64. The van der Waals surface area contributed by atoms with Crippen molar-refractivity contribution in [2.24, 2.45) is 0 Å². The molecule has 0 saturated heterocycles. The molecule has 0 bridgehead atoms. The van der Waals surface area contributed by atoms with E-state index in [9.17, 15) is 0 Å². The Balaban J connectivity index is 2.01. The van der Waals surface area contributed by atoms with Crippen molar-refractivity contribution in [3.05, 3.63) is 40.5 Å². The van der Waals surface area contributed by atoms with Crippen LogP contribution in [-0.4, -0.2) is 27.1 Å². The maximum absolute atomic E-state index is 8.91. The average molecular weight is 243 g/mol. The fraction of sp³-hybridized carbons (Fsp3) is 0.385. The number of aromatic nitrogens is 3. The molecule has 0 atom stereocenters. The van der Waals surface area contributed by atoms with E-state index in [2.05, 4.69) is 33.2 Å². The molecule has 2 heterocycles. The third-order valence-corrected chi connectivity index (χ3v) is 3.01. The number of aryl methyl sites for hydroxylation is 2. The fourth-order valence-electron chi connectivity index (χ4n) is 2.00. The summed E-state index contributed by atoms with van der Waals surface area (Å²) in [5, 5.41) is 15.9. The van der Waals surface area contributed by atoms with Crippen molar-refractivity contribution < 1.29 is 0 Å². The maximum Gasteiger partial charge on any atom is 0.101 e. The third-order valence-electron chi connectivity index (χ3n) is 3.01. The van der Waals surface area contributed by atoms with Crippen LogP contribution in [-0.2, 0) is 13.1 Å². The van der Waals surface area contributed by atoms with Crippen LogP contribution in [0.3, 0.4) is 0 Å². The van der Waals surface area contributed by atoms with Crippen LogP contribution in [0.4, 0.5) is 0 Å². The molecule has 0 aromatic carbocycles. The molecule has 0 spiro atoms. The number of H-pyrrole nitrogens is 2. The predicted octanol–water partition coefficient (Wildman–Crippen LogP) is 1.86. The van der Waals surface area contributed by atoms with E-state index in [-0.39, 0.29) is 0 Å². The number of hydrogen-bond donors (Lipinski definition) is 2. The highest BCUT2D eigenvalue weighted by Gasteiger charge is 2.08. The number of rotatable bonds is 4. The first-order valence-corrected chi connectivity index (χ1v) is 5.86. The van der Waals surface area contributed by atoms with Crippen LogP contribution >= 0.6 is 0 Å². The molecule has 0 radical (unpaired) electrons. The molecule has 0 aliphatic heterocycles. The second kappa shape index (κ2) is 5.07. The van der Waals surface area contributed by atoms with E-state index in [0.717, 1.165) is 35.7 Å². The average Bonchev–Trinajstić information content (AvgIpc) is 2.86. The van der Waals surface area contributed by atoms with Crippen LogP contribution in [0, 0.1) is 25.2 Å². The molecule has 18 heavy (non-hydrogen) atoms. The van der Waals surface area contributed by atoms with Gasteiger partial charge in [-0.3, -0.25) is 10.00 Å². The van der Waals surface area contributed by atoms with Gasteiger partial charge in [0.15, 0.2) is 0 Å². The molecule has 5 heteroatoms. The lowest BCUT2D eigenvalue weighted by atomic mass is 10.2. The standard InChI is InChI=1S/C13H17N5/c1-9-11(5-14)4-13(16-9)8-18(3)7-12-6-15-17-10(12)2/h4,6,16H,7-8H2,1-3H3,(H,15,17). The molecule has 0 fully saturated rings. The van der Waals surface area contributed by atoms with Crippen molar-refractivity contribution in [3.63, 3.8) is 0 Å². The Hall–Kier alpha value is -2.06. The highest BCUT2D eigenvalue weighted by molar-refractivity contribution is 5.35. The Morgan fingerprint density at radius 2 is 2.11 bits per heavy atom. The second-order valence-corrected chi connectivity index (χ2v) is 4.64. The summed E-state index contributed by atoms with van der Waals surface area (Å²) < 4.78 is 0. The van der Waals surface area contributed by atoms with Crippen molar-refractivity contribution in [1.29, 1.82) is 5.26 Å². The van der Waals surface area contributed by atoms with E-state index in [1.54, 1.807) is 0 Å². The SMILES string of the molecule is Cc1[nH]c(CN(C)Cc2cn[nH]c2C)cc1C#N. The van der Waals surface area contributed by atoms with Crippen molar-refractivity contribution in [1.82, 2.24) is 20.1 Å². The zero-order valence-corrected chi connectivity index (χ0v) is 10.9. The van der Waals surface area contributed by atoms with Gasteiger partial charge in [-0.05, 0) is 27.0 Å². The van der Waals surface area contributed by atoms with Gasteiger partial charge in [0.1, 0.15) is 6.07 Å². The van der Waals surface area contributed by atoms with E-state index in [4.69, 9.17) is 5.26 Å². The lowest BCUT2D eigenvalue weighted by Gasteiger charge is -2.15. The summed E-state index contributed by atoms with van der Waals surface area (Å²) in [5.41, 5.74) is 5.01. The van der Waals surface area contributed by atoms with Crippen LogP contribution in [0.25, 0.3) is 0 Å². The zero-order chi connectivity index (χ0) is 13.1. The molecule has 0 aliphatic carbocycles. The van der Waals surface area contributed by atoms with Crippen LogP contribution in [0.5, 0.6) is 0 Å². The number of nitriles is 1. The number of nitrogens with one attached hydrogen (secondary N) is 2. The molecule has 94 valence electrons. The lowest BCUT2D eigenvalue weighted by Crippen LogP contribution is -2.17. The van der Waals surface area contributed by atoms with Gasteiger partial charge in [0.05, 0.1) is 11.8 Å². The molecule has 0 unspecified atom stereocenters. The quantitative estimate of drug-likeness (QED) is 0.861. The van der Waals surface area contributed by atoms with E-state index in [1.165, 1.54) is 5.56 Å². The number of nitrogens with zero attached hydrogens (tertiary/aromatic N) is 3. The monoisotopic (exact) mass is 243 g/mol. The van der Waals surface area contributed by atoms with E-state index in [0.29, 0.717) is 0 Å². The van der Waals surface area contributed by atoms with E-state index in [1.807, 2.05) is 26.1 Å². The van der Waals surface area contributed by atoms with Crippen LogP contribution in [0.15, 0.2) is 12.3 Å². The van der Waals surface area contributed by atoms with Gasteiger partial charge < -0.3 is 4.98 Å². The molecule has 2 aromatic rings. The topological polar surface area (TPSA) is 71.5 Å². The van der Waals surface area contributed by atoms with Crippen molar-refractivity contribution in [3.8, 4) is 6.07 Å². The third kappa shape index (κ3) is 2.60. The Labute approximate surface area is 106 Å². The van der Waals surface area contributed by atoms with Crippen molar-refractivity contribution in [2.45, 2.75) is 26.9 Å². The highest BCUT2D eigenvalue weighted by atomic mass is 15.1. The largest absolute Gasteiger partial charge is 0.360 e. The molecule has 5 nitrogen and oxygen atoms in total. The molecule has 0 amide bonds. The highest BCUT2D eigenvalue weighted by Crippen LogP contribution is 2.12. The summed E-state index contributed by atoms with van der Waals surface area (Å²) in [5.74, 6) is 0. The zero-order valence-electron chi connectivity index (χ0n) is 10.9. The molecular weight excluding hydrogens is 226 g/mol. The number of aromatic amines is 2. The van der Waals surface area contributed by atoms with Gasteiger partial charge in [0.25, 0.3) is 0 Å². The molecule has 0 aliphatic rings. The normalized spacial score (nSPS) is 10.8. The van der Waals surface area contributed by atoms with Crippen LogP contribution < -0.4 is 0 Å². The van der Waals surface area contributed by atoms with Crippen molar-refractivity contribution in [2.75, 3.05) is 7.05 Å². The summed E-state index contributed by atoms with van der Waals surface area (Å²) in [6.07, 6.45) is 1.85. The Bertz CT molecular complexity index is 572. The van der Waals surface area contributed by atoms with Gasteiger partial charge in [-0.2, -0.15) is 10.4 Å². The summed E-state index contributed by atoms with van der Waals surface area (Å²) in [7, 11) is 2.05. The molecule has 0 saturated carbocycles. The van der Waals surface area contributed by atoms with Crippen LogP contribution in [0.2, 0.25) is 0 Å². The van der Waals surface area contributed by atoms with Crippen molar-refractivity contribution >= 4 is 0 Å². The van der Waals surface area contributed by atoms with E-state index < -0.39 is 0 Å². The first-order chi connectivity index (χ1) is 8.60. The Morgan fingerprint density at radius 3 is 2.67 bits per heavy atom. The molecule has 2 N–H and O–H groups in total. The minimum absolute atomic E-state index is 0.720. The lowest BCUT2D eigenvalue weighted by molar-refractivity contribution is 0.315. The minimum atomic E-state index is 0.720. The minimum Gasteiger partial charge on any atom is -0.360 e. The van der Waals surface area contributed by atoms with Gasteiger partial charge in [-0.1, -0.05) is 0 Å². The molecule has 2 aromatic heterocycles. The maximum atomic E-state index is 8.91. The smallest absolute Gasteiger partial charge is 0.101 e. The Kier molecular flexibility index (Phi) is 3.49. The first-order valence-electron chi connectivity index (χ1n) is 5.86. The van der Waals surface area contributed by atoms with Gasteiger partial charge >= 0.3 is 0 Å². The van der Waals surface area contributed by atoms with Gasteiger partial charge in [-0.15, -0.1) is 0 Å². The summed E-state index contributed by atoms with van der Waals surface area (Å²) >= 11 is 0. The molecular formula is C13H17N5. The predicted molar refractivity (Wildman–Crippen MR) is 68.7 cm³/mol.